The summed E-state index contributed by atoms with van der Waals surface area (Å²) in [6.45, 7) is 0.564. The molecule has 102 valence electrons. The number of rotatable bonds is 2. The second kappa shape index (κ2) is 5.02. The number of fused-ring (bicyclic) bond motifs is 1. The van der Waals surface area contributed by atoms with Crippen molar-refractivity contribution >= 4 is 23.0 Å². The molecule has 5 nitrogen and oxygen atoms in total. The average Bonchev–Trinajstić information content (AvgIpc) is 2.46. The number of anilines is 1. The van der Waals surface area contributed by atoms with E-state index in [0.29, 0.717) is 17.3 Å². The number of non-ortho nitro benzene ring substituents is 1. The molecule has 0 saturated heterocycles. The molecule has 20 heavy (non-hydrogen) atoms. The molecule has 3 rings (SSSR count). The zero-order valence-electron chi connectivity index (χ0n) is 10.4. The summed E-state index contributed by atoms with van der Waals surface area (Å²) in [5.41, 5.74) is 1.61. The van der Waals surface area contributed by atoms with Crippen LogP contribution < -0.4 is 10.1 Å². The van der Waals surface area contributed by atoms with Crippen LogP contribution in [0.3, 0.4) is 0 Å². The first-order valence-corrected chi connectivity index (χ1v) is 6.46. The van der Waals surface area contributed by atoms with Crippen molar-refractivity contribution in [2.45, 2.75) is 6.10 Å². The van der Waals surface area contributed by atoms with Crippen molar-refractivity contribution < 1.29 is 9.66 Å². The minimum Gasteiger partial charge on any atom is -0.481 e. The van der Waals surface area contributed by atoms with Crippen LogP contribution in [0.1, 0.15) is 11.7 Å². The highest BCUT2D eigenvalue weighted by atomic mass is 35.5. The largest absolute Gasteiger partial charge is 0.481 e. The van der Waals surface area contributed by atoms with Gasteiger partial charge in [-0.2, -0.15) is 0 Å². The van der Waals surface area contributed by atoms with Gasteiger partial charge in [0.15, 0.2) is 0 Å². The molecule has 6 heteroatoms. The van der Waals surface area contributed by atoms with Gasteiger partial charge in [-0.05, 0) is 12.1 Å². The SMILES string of the molecule is O=[N+]([O-])c1ccc2c(c1)OC(c1ccccc1Cl)CN2. The molecule has 2 aromatic rings. The summed E-state index contributed by atoms with van der Waals surface area (Å²) >= 11 is 6.15. The molecule has 1 heterocycles. The van der Waals surface area contributed by atoms with Crippen LogP contribution in [0.4, 0.5) is 11.4 Å². The number of ether oxygens (including phenoxy) is 1. The third-order valence-corrected chi connectivity index (χ3v) is 3.52. The van der Waals surface area contributed by atoms with Crippen LogP contribution in [-0.2, 0) is 0 Å². The van der Waals surface area contributed by atoms with Gasteiger partial charge in [0.05, 0.1) is 23.2 Å². The number of hydrogen-bond donors (Lipinski definition) is 1. The standard InChI is InChI=1S/C14H11ClN2O3/c15-11-4-2-1-3-10(11)14-8-16-12-6-5-9(17(18)19)7-13(12)20-14/h1-7,14,16H,8H2. The Bertz CT molecular complexity index is 675. The molecule has 1 aliphatic rings. The highest BCUT2D eigenvalue weighted by Gasteiger charge is 2.24. The van der Waals surface area contributed by atoms with E-state index >= 15 is 0 Å². The maximum Gasteiger partial charge on any atom is 0.273 e. The highest BCUT2D eigenvalue weighted by molar-refractivity contribution is 6.31. The normalized spacial score (nSPS) is 16.8. The van der Waals surface area contributed by atoms with Crippen LogP contribution in [-0.4, -0.2) is 11.5 Å². The molecule has 1 N–H and O–H groups in total. The predicted octanol–water partition coefficient (Wildman–Crippen LogP) is 3.79. The summed E-state index contributed by atoms with van der Waals surface area (Å²) in [7, 11) is 0. The Balaban J connectivity index is 1.93. The molecular formula is C14H11ClN2O3. The molecule has 0 aliphatic carbocycles. The number of nitro benzene ring substituents is 1. The van der Waals surface area contributed by atoms with E-state index in [1.54, 1.807) is 12.1 Å². The zero-order valence-corrected chi connectivity index (χ0v) is 11.1. The summed E-state index contributed by atoms with van der Waals surface area (Å²) < 4.78 is 5.84. The smallest absolute Gasteiger partial charge is 0.273 e. The number of hydrogen-bond acceptors (Lipinski definition) is 4. The first-order chi connectivity index (χ1) is 9.65. The Labute approximate surface area is 120 Å². The zero-order chi connectivity index (χ0) is 14.1. The number of nitro groups is 1. The van der Waals surface area contributed by atoms with Crippen molar-refractivity contribution in [3.8, 4) is 5.75 Å². The van der Waals surface area contributed by atoms with E-state index in [4.69, 9.17) is 16.3 Å². The van der Waals surface area contributed by atoms with Crippen molar-refractivity contribution in [1.29, 1.82) is 0 Å². The Morgan fingerprint density at radius 1 is 1.30 bits per heavy atom. The monoisotopic (exact) mass is 290 g/mol. The van der Waals surface area contributed by atoms with Gasteiger partial charge in [0.25, 0.3) is 5.69 Å². The van der Waals surface area contributed by atoms with E-state index in [2.05, 4.69) is 5.32 Å². The van der Waals surface area contributed by atoms with E-state index < -0.39 is 4.92 Å². The van der Waals surface area contributed by atoms with Crippen molar-refractivity contribution in [3.63, 3.8) is 0 Å². The summed E-state index contributed by atoms with van der Waals surface area (Å²) in [4.78, 5) is 10.4. The van der Waals surface area contributed by atoms with E-state index in [1.165, 1.54) is 12.1 Å². The molecule has 0 fully saturated rings. The van der Waals surface area contributed by atoms with E-state index in [0.717, 1.165) is 11.3 Å². The van der Waals surface area contributed by atoms with Gasteiger partial charge in [-0.1, -0.05) is 29.8 Å². The van der Waals surface area contributed by atoms with Gasteiger partial charge in [0.2, 0.25) is 0 Å². The maximum absolute atomic E-state index is 10.8. The molecule has 0 amide bonds. The predicted molar refractivity (Wildman–Crippen MR) is 76.4 cm³/mol. The lowest BCUT2D eigenvalue weighted by Crippen LogP contribution is -2.23. The van der Waals surface area contributed by atoms with Crippen molar-refractivity contribution in [2.24, 2.45) is 0 Å². The Hall–Kier alpha value is -2.27. The number of nitrogens with one attached hydrogen (secondary N) is 1. The molecule has 1 atom stereocenters. The van der Waals surface area contributed by atoms with E-state index in [1.807, 2.05) is 18.2 Å². The fraction of sp³-hybridized carbons (Fsp3) is 0.143. The molecule has 0 radical (unpaired) electrons. The summed E-state index contributed by atoms with van der Waals surface area (Å²) in [6, 6.07) is 11.9. The van der Waals surface area contributed by atoms with Gasteiger partial charge in [-0.25, -0.2) is 0 Å². The number of benzene rings is 2. The minimum atomic E-state index is -0.442. The van der Waals surface area contributed by atoms with E-state index in [9.17, 15) is 10.1 Å². The highest BCUT2D eigenvalue weighted by Crippen LogP contribution is 2.38. The second-order valence-corrected chi connectivity index (χ2v) is 4.85. The molecule has 0 bridgehead atoms. The lowest BCUT2D eigenvalue weighted by Gasteiger charge is -2.28. The van der Waals surface area contributed by atoms with Crippen LogP contribution in [0.25, 0.3) is 0 Å². The minimum absolute atomic E-state index is 0.00496. The summed E-state index contributed by atoms with van der Waals surface area (Å²) in [5, 5.41) is 14.6. The molecule has 0 aromatic heterocycles. The topological polar surface area (TPSA) is 64.4 Å². The van der Waals surface area contributed by atoms with Crippen molar-refractivity contribution in [3.05, 3.63) is 63.2 Å². The third-order valence-electron chi connectivity index (χ3n) is 3.18. The fourth-order valence-corrected chi connectivity index (χ4v) is 2.43. The fourth-order valence-electron chi connectivity index (χ4n) is 2.18. The van der Waals surface area contributed by atoms with Gasteiger partial charge in [-0.3, -0.25) is 10.1 Å². The second-order valence-electron chi connectivity index (χ2n) is 4.45. The van der Waals surface area contributed by atoms with E-state index in [-0.39, 0.29) is 11.8 Å². The Morgan fingerprint density at radius 3 is 2.85 bits per heavy atom. The van der Waals surface area contributed by atoms with Gasteiger partial charge in [0.1, 0.15) is 11.9 Å². The first-order valence-electron chi connectivity index (χ1n) is 6.08. The molecular weight excluding hydrogens is 280 g/mol. The van der Waals surface area contributed by atoms with Crippen LogP contribution in [0.15, 0.2) is 42.5 Å². The van der Waals surface area contributed by atoms with Gasteiger partial charge < -0.3 is 10.1 Å². The Morgan fingerprint density at radius 2 is 2.10 bits per heavy atom. The third kappa shape index (κ3) is 2.28. The van der Waals surface area contributed by atoms with Gasteiger partial charge >= 0.3 is 0 Å². The van der Waals surface area contributed by atoms with Crippen molar-refractivity contribution in [2.75, 3.05) is 11.9 Å². The van der Waals surface area contributed by atoms with Gasteiger partial charge in [-0.15, -0.1) is 0 Å². The van der Waals surface area contributed by atoms with Crippen LogP contribution in [0, 0.1) is 10.1 Å². The van der Waals surface area contributed by atoms with Crippen LogP contribution >= 0.6 is 11.6 Å². The number of halogens is 1. The maximum atomic E-state index is 10.8. The number of nitrogens with zero attached hydrogens (tertiary/aromatic N) is 1. The molecule has 2 aromatic carbocycles. The molecule has 1 unspecified atom stereocenters. The molecule has 0 saturated carbocycles. The first kappa shape index (κ1) is 12.7. The van der Waals surface area contributed by atoms with Crippen LogP contribution in [0.5, 0.6) is 5.75 Å². The molecule has 0 spiro atoms. The lowest BCUT2D eigenvalue weighted by atomic mass is 10.1. The average molecular weight is 291 g/mol. The Kier molecular flexibility index (Phi) is 3.20. The van der Waals surface area contributed by atoms with Gasteiger partial charge in [0, 0.05) is 16.7 Å². The lowest BCUT2D eigenvalue weighted by molar-refractivity contribution is -0.384. The summed E-state index contributed by atoms with van der Waals surface area (Å²) in [6.07, 6.45) is -0.266. The quantitative estimate of drug-likeness (QED) is 0.675. The van der Waals surface area contributed by atoms with Crippen LogP contribution in [0.2, 0.25) is 5.02 Å². The van der Waals surface area contributed by atoms with Crippen molar-refractivity contribution in [1.82, 2.24) is 0 Å². The molecule has 1 aliphatic heterocycles. The summed E-state index contributed by atoms with van der Waals surface area (Å²) in [5.74, 6) is 0.468.